The van der Waals surface area contributed by atoms with Crippen molar-refractivity contribution >= 4 is 17.5 Å². The van der Waals surface area contributed by atoms with Crippen LogP contribution in [0.25, 0.3) is 0 Å². The van der Waals surface area contributed by atoms with Crippen LogP contribution in [0.3, 0.4) is 0 Å². The maximum atomic E-state index is 12.6. The number of carbonyl (C=O) groups is 2. The fraction of sp³-hybridized carbons (Fsp3) is 0.619. The molecule has 5 nitrogen and oxygen atoms in total. The molecular weight excluding hydrogens is 326 g/mol. The van der Waals surface area contributed by atoms with Gasteiger partial charge in [0.05, 0.1) is 6.54 Å². The normalized spacial score (nSPS) is 19.1. The molecule has 0 aliphatic carbocycles. The first kappa shape index (κ1) is 18.7. The van der Waals surface area contributed by atoms with Crippen molar-refractivity contribution in [2.75, 3.05) is 38.0 Å². The van der Waals surface area contributed by atoms with Gasteiger partial charge in [-0.3, -0.25) is 9.59 Å². The molecule has 2 aliphatic heterocycles. The summed E-state index contributed by atoms with van der Waals surface area (Å²) >= 11 is 0. The molecule has 0 aromatic heterocycles. The molecule has 0 saturated carbocycles. The maximum Gasteiger partial charge on any atom is 0.253 e. The van der Waals surface area contributed by atoms with Crippen LogP contribution in [0.1, 0.15) is 55.8 Å². The lowest BCUT2D eigenvalue weighted by molar-refractivity contribution is -0.130. The summed E-state index contributed by atoms with van der Waals surface area (Å²) in [4.78, 5) is 28.8. The summed E-state index contributed by atoms with van der Waals surface area (Å²) < 4.78 is 0. The van der Waals surface area contributed by atoms with E-state index >= 15 is 0 Å². The van der Waals surface area contributed by atoms with Crippen LogP contribution in [0.5, 0.6) is 0 Å². The fourth-order valence-corrected chi connectivity index (χ4v) is 3.73. The lowest BCUT2D eigenvalue weighted by Gasteiger charge is -2.30. The van der Waals surface area contributed by atoms with E-state index in [2.05, 4.69) is 12.2 Å². The van der Waals surface area contributed by atoms with E-state index in [1.807, 2.05) is 34.1 Å². The number of anilines is 1. The van der Waals surface area contributed by atoms with Crippen molar-refractivity contribution in [2.24, 2.45) is 5.92 Å². The van der Waals surface area contributed by atoms with Gasteiger partial charge < -0.3 is 15.1 Å². The molecule has 26 heavy (non-hydrogen) atoms. The fourth-order valence-electron chi connectivity index (χ4n) is 3.73. The minimum atomic E-state index is 0.122. The molecule has 2 aliphatic rings. The van der Waals surface area contributed by atoms with E-state index in [0.29, 0.717) is 6.54 Å². The van der Waals surface area contributed by atoms with Crippen molar-refractivity contribution in [3.05, 3.63) is 29.8 Å². The zero-order valence-corrected chi connectivity index (χ0v) is 15.9. The molecule has 142 valence electrons. The number of piperidine rings is 1. The van der Waals surface area contributed by atoms with Gasteiger partial charge in [-0.1, -0.05) is 19.8 Å². The van der Waals surface area contributed by atoms with Gasteiger partial charge in [-0.15, -0.1) is 0 Å². The summed E-state index contributed by atoms with van der Waals surface area (Å²) in [6.45, 7) is 6.02. The monoisotopic (exact) mass is 357 g/mol. The van der Waals surface area contributed by atoms with Crippen LogP contribution >= 0.6 is 0 Å². The predicted molar refractivity (Wildman–Crippen MR) is 104 cm³/mol. The standard InChI is InChI=1S/C21H31N3O2/c1-17-10-14-23(15-11-17)20(25)16-22-19-8-6-18(7-9-19)21(26)24-12-4-2-3-5-13-24/h6-9,17,22H,2-5,10-16H2,1H3. The number of likely N-dealkylation sites (tertiary alicyclic amines) is 2. The Balaban J connectivity index is 1.49. The van der Waals surface area contributed by atoms with Gasteiger partial charge in [0.1, 0.15) is 0 Å². The minimum Gasteiger partial charge on any atom is -0.376 e. The number of carbonyl (C=O) groups excluding carboxylic acids is 2. The predicted octanol–water partition coefficient (Wildman–Crippen LogP) is 3.37. The molecule has 1 aromatic rings. The van der Waals surface area contributed by atoms with Gasteiger partial charge in [-0.2, -0.15) is 0 Å². The van der Waals surface area contributed by atoms with Gasteiger partial charge in [0.15, 0.2) is 0 Å². The summed E-state index contributed by atoms with van der Waals surface area (Å²) in [7, 11) is 0. The lowest BCUT2D eigenvalue weighted by atomic mass is 9.99. The average molecular weight is 357 g/mol. The largest absolute Gasteiger partial charge is 0.376 e. The van der Waals surface area contributed by atoms with Crippen LogP contribution in [0, 0.1) is 5.92 Å². The Morgan fingerprint density at radius 2 is 1.54 bits per heavy atom. The van der Waals surface area contributed by atoms with Gasteiger partial charge in [0.25, 0.3) is 5.91 Å². The highest BCUT2D eigenvalue weighted by Crippen LogP contribution is 2.17. The van der Waals surface area contributed by atoms with Crippen molar-refractivity contribution in [1.29, 1.82) is 0 Å². The van der Waals surface area contributed by atoms with Gasteiger partial charge >= 0.3 is 0 Å². The van der Waals surface area contributed by atoms with Crippen LogP contribution < -0.4 is 5.32 Å². The molecule has 0 unspecified atom stereocenters. The first-order chi connectivity index (χ1) is 12.6. The number of hydrogen-bond donors (Lipinski definition) is 1. The van der Waals surface area contributed by atoms with Gasteiger partial charge in [-0.05, 0) is 55.9 Å². The van der Waals surface area contributed by atoms with E-state index in [0.717, 1.165) is 69.0 Å². The van der Waals surface area contributed by atoms with Crippen LogP contribution in [-0.4, -0.2) is 54.3 Å². The van der Waals surface area contributed by atoms with Gasteiger partial charge in [-0.25, -0.2) is 0 Å². The third-order valence-corrected chi connectivity index (χ3v) is 5.61. The number of nitrogens with zero attached hydrogens (tertiary/aromatic N) is 2. The smallest absolute Gasteiger partial charge is 0.253 e. The molecule has 0 spiro atoms. The van der Waals surface area contributed by atoms with Crippen molar-refractivity contribution in [1.82, 2.24) is 9.80 Å². The van der Waals surface area contributed by atoms with E-state index in [4.69, 9.17) is 0 Å². The zero-order valence-electron chi connectivity index (χ0n) is 15.9. The molecule has 3 rings (SSSR count). The van der Waals surface area contributed by atoms with Crippen LogP contribution in [0.2, 0.25) is 0 Å². The van der Waals surface area contributed by atoms with Gasteiger partial charge in [0, 0.05) is 37.4 Å². The van der Waals surface area contributed by atoms with Crippen molar-refractivity contribution in [3.8, 4) is 0 Å². The Labute approximate surface area is 156 Å². The summed E-state index contributed by atoms with van der Waals surface area (Å²) in [5.74, 6) is 1.000. The molecule has 1 N–H and O–H groups in total. The number of amides is 2. The van der Waals surface area contributed by atoms with Gasteiger partial charge in [0.2, 0.25) is 5.91 Å². The number of rotatable bonds is 4. The Hall–Kier alpha value is -2.04. The van der Waals surface area contributed by atoms with Crippen molar-refractivity contribution in [2.45, 2.75) is 45.4 Å². The third-order valence-electron chi connectivity index (χ3n) is 5.61. The Morgan fingerprint density at radius 3 is 2.15 bits per heavy atom. The minimum absolute atomic E-state index is 0.122. The van der Waals surface area contributed by atoms with Crippen molar-refractivity contribution in [3.63, 3.8) is 0 Å². The Morgan fingerprint density at radius 1 is 0.923 bits per heavy atom. The molecular formula is C21H31N3O2. The summed E-state index contributed by atoms with van der Waals surface area (Å²) in [6, 6.07) is 7.53. The summed E-state index contributed by atoms with van der Waals surface area (Å²) in [5.41, 5.74) is 1.62. The van der Waals surface area contributed by atoms with E-state index in [1.165, 1.54) is 12.8 Å². The topological polar surface area (TPSA) is 52.7 Å². The second kappa shape index (κ2) is 9.06. The molecule has 0 radical (unpaired) electrons. The molecule has 0 bridgehead atoms. The zero-order chi connectivity index (χ0) is 18.4. The lowest BCUT2D eigenvalue weighted by Crippen LogP contribution is -2.40. The molecule has 1 aromatic carbocycles. The highest BCUT2D eigenvalue weighted by atomic mass is 16.2. The van der Waals surface area contributed by atoms with Crippen LogP contribution in [-0.2, 0) is 4.79 Å². The van der Waals surface area contributed by atoms with Crippen LogP contribution in [0.15, 0.2) is 24.3 Å². The summed E-state index contributed by atoms with van der Waals surface area (Å²) in [6.07, 6.45) is 6.83. The first-order valence-corrected chi connectivity index (χ1v) is 10.0. The third kappa shape index (κ3) is 4.99. The van der Waals surface area contributed by atoms with E-state index in [1.54, 1.807) is 0 Å². The molecule has 2 amide bonds. The second-order valence-corrected chi connectivity index (χ2v) is 7.70. The number of nitrogens with one attached hydrogen (secondary N) is 1. The van der Waals surface area contributed by atoms with Crippen molar-refractivity contribution < 1.29 is 9.59 Å². The molecule has 5 heteroatoms. The molecule has 2 fully saturated rings. The van der Waals surface area contributed by atoms with E-state index in [9.17, 15) is 9.59 Å². The molecule has 2 heterocycles. The highest BCUT2D eigenvalue weighted by Gasteiger charge is 2.20. The molecule has 0 atom stereocenters. The first-order valence-electron chi connectivity index (χ1n) is 10.0. The Kier molecular flexibility index (Phi) is 6.53. The Bertz CT molecular complexity index is 598. The summed E-state index contributed by atoms with van der Waals surface area (Å²) in [5, 5.41) is 3.19. The average Bonchev–Trinajstić information content (AvgIpc) is 2.96. The van der Waals surface area contributed by atoms with Crippen LogP contribution in [0.4, 0.5) is 5.69 Å². The maximum absolute atomic E-state index is 12.6. The van der Waals surface area contributed by atoms with E-state index < -0.39 is 0 Å². The number of benzene rings is 1. The number of hydrogen-bond acceptors (Lipinski definition) is 3. The molecule has 2 saturated heterocycles. The highest BCUT2D eigenvalue weighted by molar-refractivity contribution is 5.94. The quantitative estimate of drug-likeness (QED) is 0.899. The second-order valence-electron chi connectivity index (χ2n) is 7.70. The SMILES string of the molecule is CC1CCN(C(=O)CNc2ccc(C(=O)N3CCCCCC3)cc2)CC1. The van der Waals surface area contributed by atoms with E-state index in [-0.39, 0.29) is 11.8 Å².